The molecule has 0 amide bonds. The summed E-state index contributed by atoms with van der Waals surface area (Å²) in [5, 5.41) is 0. The zero-order valence-corrected chi connectivity index (χ0v) is 13.9. The molecule has 25 heavy (non-hydrogen) atoms. The third kappa shape index (κ3) is 4.96. The lowest BCUT2D eigenvalue weighted by molar-refractivity contribution is -0.0723. The summed E-state index contributed by atoms with van der Waals surface area (Å²) in [5.74, 6) is 2.26. The van der Waals surface area contributed by atoms with Crippen LogP contribution in [0.25, 0.3) is 0 Å². The fourth-order valence-corrected chi connectivity index (χ4v) is 2.30. The lowest BCUT2D eigenvalue weighted by atomic mass is 10.2. The van der Waals surface area contributed by atoms with Crippen LogP contribution in [0, 0.1) is 0 Å². The number of ether oxygens (including phenoxy) is 3. The van der Waals surface area contributed by atoms with Gasteiger partial charge in [0, 0.05) is 5.56 Å². The van der Waals surface area contributed by atoms with E-state index in [1.165, 1.54) is 0 Å². The molecule has 1 atom stereocenters. The zero-order chi connectivity index (χ0) is 17.3. The van der Waals surface area contributed by atoms with Crippen molar-refractivity contribution in [1.82, 2.24) is 0 Å². The van der Waals surface area contributed by atoms with E-state index in [9.17, 15) is 0 Å². The minimum atomic E-state index is -0.486. The molecule has 3 aromatic carbocycles. The van der Waals surface area contributed by atoms with Crippen LogP contribution in [0.1, 0.15) is 11.9 Å². The zero-order valence-electron chi connectivity index (χ0n) is 13.9. The van der Waals surface area contributed by atoms with Crippen molar-refractivity contribution >= 4 is 0 Å². The maximum atomic E-state index is 5.98. The molecule has 3 aromatic rings. The molecule has 0 heterocycles. The molecular weight excluding hydrogens is 312 g/mol. The average Bonchev–Trinajstić information content (AvgIpc) is 2.68. The molecule has 3 nitrogen and oxygen atoms in total. The molecule has 0 saturated carbocycles. The number of hydrogen-bond acceptors (Lipinski definition) is 3. The molecule has 0 aliphatic heterocycles. The quantitative estimate of drug-likeness (QED) is 0.388. The van der Waals surface area contributed by atoms with Crippen molar-refractivity contribution in [2.24, 2.45) is 0 Å². The van der Waals surface area contributed by atoms with Crippen LogP contribution in [0.2, 0.25) is 0 Å². The molecular formula is C22H20O3. The average molecular weight is 332 g/mol. The second-order valence-electron chi connectivity index (χ2n) is 5.37. The monoisotopic (exact) mass is 332 g/mol. The summed E-state index contributed by atoms with van der Waals surface area (Å²) in [4.78, 5) is 0. The maximum Gasteiger partial charge on any atom is 0.227 e. The highest BCUT2D eigenvalue weighted by Gasteiger charge is 2.13. The third-order valence-electron chi connectivity index (χ3n) is 3.48. The first-order valence-electron chi connectivity index (χ1n) is 8.12. The van der Waals surface area contributed by atoms with Crippen LogP contribution >= 0.6 is 0 Å². The molecule has 126 valence electrons. The van der Waals surface area contributed by atoms with Crippen LogP contribution in [0.4, 0.5) is 0 Å². The van der Waals surface area contributed by atoms with Gasteiger partial charge in [0.2, 0.25) is 6.29 Å². The molecule has 0 saturated heterocycles. The molecule has 0 aliphatic rings. The van der Waals surface area contributed by atoms with E-state index in [1.807, 2.05) is 84.9 Å². The van der Waals surface area contributed by atoms with Crippen molar-refractivity contribution in [3.05, 3.63) is 103 Å². The first kappa shape index (κ1) is 16.8. The Morgan fingerprint density at radius 2 is 1.28 bits per heavy atom. The minimum Gasteiger partial charge on any atom is -0.461 e. The normalized spacial score (nSPS) is 11.5. The Kier molecular flexibility index (Phi) is 5.86. The molecule has 3 heteroatoms. The summed E-state index contributed by atoms with van der Waals surface area (Å²) in [5.41, 5.74) is 0.953. The van der Waals surface area contributed by atoms with Gasteiger partial charge in [-0.2, -0.15) is 0 Å². The molecule has 0 aliphatic carbocycles. The largest absolute Gasteiger partial charge is 0.461 e. The van der Waals surface area contributed by atoms with Crippen molar-refractivity contribution in [3.8, 4) is 17.2 Å². The van der Waals surface area contributed by atoms with Gasteiger partial charge in [-0.1, -0.05) is 54.6 Å². The molecule has 3 rings (SSSR count). The Balaban J connectivity index is 1.68. The highest BCUT2D eigenvalue weighted by molar-refractivity contribution is 5.35. The van der Waals surface area contributed by atoms with Crippen molar-refractivity contribution in [2.45, 2.75) is 6.29 Å². The van der Waals surface area contributed by atoms with E-state index in [-0.39, 0.29) is 0 Å². The van der Waals surface area contributed by atoms with Gasteiger partial charge in [-0.25, -0.2) is 0 Å². The summed E-state index contributed by atoms with van der Waals surface area (Å²) in [6, 6.07) is 27.0. The highest BCUT2D eigenvalue weighted by Crippen LogP contribution is 2.27. The van der Waals surface area contributed by atoms with Gasteiger partial charge in [0.15, 0.2) is 0 Å². The SMILES string of the molecule is C=CCOC(Oc1ccc(Oc2ccccc2)cc1)c1ccccc1. The van der Waals surface area contributed by atoms with E-state index >= 15 is 0 Å². The van der Waals surface area contributed by atoms with Crippen molar-refractivity contribution < 1.29 is 14.2 Å². The van der Waals surface area contributed by atoms with Gasteiger partial charge in [-0.05, 0) is 36.4 Å². The molecule has 0 N–H and O–H groups in total. The van der Waals surface area contributed by atoms with E-state index in [0.717, 1.165) is 17.1 Å². The third-order valence-corrected chi connectivity index (χ3v) is 3.48. The Hall–Kier alpha value is -3.04. The molecule has 0 bridgehead atoms. The molecule has 0 radical (unpaired) electrons. The van der Waals surface area contributed by atoms with Gasteiger partial charge >= 0.3 is 0 Å². The van der Waals surface area contributed by atoms with Gasteiger partial charge in [0.05, 0.1) is 6.61 Å². The van der Waals surface area contributed by atoms with E-state index in [2.05, 4.69) is 6.58 Å². The van der Waals surface area contributed by atoms with Gasteiger partial charge in [-0.15, -0.1) is 6.58 Å². The first-order valence-corrected chi connectivity index (χ1v) is 8.12. The van der Waals surface area contributed by atoms with Crippen molar-refractivity contribution in [1.29, 1.82) is 0 Å². The lowest BCUT2D eigenvalue weighted by Crippen LogP contribution is -2.12. The Bertz CT molecular complexity index is 767. The summed E-state index contributed by atoms with van der Waals surface area (Å²) in [6.45, 7) is 4.10. The summed E-state index contributed by atoms with van der Waals surface area (Å²) >= 11 is 0. The molecule has 0 fully saturated rings. The first-order chi connectivity index (χ1) is 12.3. The number of benzene rings is 3. The van der Waals surface area contributed by atoms with Crippen LogP contribution in [-0.4, -0.2) is 6.61 Å². The summed E-state index contributed by atoms with van der Waals surface area (Å²) < 4.78 is 17.5. The number of hydrogen-bond donors (Lipinski definition) is 0. The van der Waals surface area contributed by atoms with Crippen LogP contribution in [-0.2, 0) is 4.74 Å². The van der Waals surface area contributed by atoms with Gasteiger partial charge in [-0.3, -0.25) is 0 Å². The van der Waals surface area contributed by atoms with E-state index in [1.54, 1.807) is 6.08 Å². The predicted molar refractivity (Wildman–Crippen MR) is 98.9 cm³/mol. The second kappa shape index (κ2) is 8.71. The van der Waals surface area contributed by atoms with Crippen LogP contribution in [0.5, 0.6) is 17.2 Å². The fraction of sp³-hybridized carbons (Fsp3) is 0.0909. The Morgan fingerprint density at radius 1 is 0.720 bits per heavy atom. The second-order valence-corrected chi connectivity index (χ2v) is 5.37. The maximum absolute atomic E-state index is 5.98. The lowest BCUT2D eigenvalue weighted by Gasteiger charge is -2.19. The standard InChI is InChI=1S/C22H20O3/c1-2-17-23-22(18-9-5-3-6-10-18)25-21-15-13-20(14-16-21)24-19-11-7-4-8-12-19/h2-16,22H,1,17H2. The smallest absolute Gasteiger partial charge is 0.227 e. The number of rotatable bonds is 8. The van der Waals surface area contributed by atoms with E-state index in [0.29, 0.717) is 12.4 Å². The van der Waals surface area contributed by atoms with Gasteiger partial charge in [0.1, 0.15) is 17.2 Å². The van der Waals surface area contributed by atoms with Gasteiger partial charge in [0.25, 0.3) is 0 Å². The van der Waals surface area contributed by atoms with E-state index < -0.39 is 6.29 Å². The summed E-state index contributed by atoms with van der Waals surface area (Å²) in [7, 11) is 0. The molecule has 0 spiro atoms. The highest BCUT2D eigenvalue weighted by atomic mass is 16.7. The molecule has 0 aromatic heterocycles. The van der Waals surface area contributed by atoms with Crippen molar-refractivity contribution in [3.63, 3.8) is 0 Å². The Morgan fingerprint density at radius 3 is 1.92 bits per heavy atom. The Labute approximate surface area is 148 Å². The topological polar surface area (TPSA) is 27.7 Å². The van der Waals surface area contributed by atoms with Crippen LogP contribution < -0.4 is 9.47 Å². The fourth-order valence-electron chi connectivity index (χ4n) is 2.30. The van der Waals surface area contributed by atoms with Crippen LogP contribution in [0.15, 0.2) is 97.6 Å². The summed E-state index contributed by atoms with van der Waals surface area (Å²) in [6.07, 6.45) is 1.22. The van der Waals surface area contributed by atoms with Crippen LogP contribution in [0.3, 0.4) is 0 Å². The van der Waals surface area contributed by atoms with E-state index in [4.69, 9.17) is 14.2 Å². The molecule has 1 unspecified atom stereocenters. The van der Waals surface area contributed by atoms with Crippen molar-refractivity contribution in [2.75, 3.05) is 6.61 Å². The number of para-hydroxylation sites is 1. The minimum absolute atomic E-state index is 0.411. The van der Waals surface area contributed by atoms with Gasteiger partial charge < -0.3 is 14.2 Å². The predicted octanol–water partition coefficient (Wildman–Crippen LogP) is 5.76.